The van der Waals surface area contributed by atoms with E-state index in [1.54, 1.807) is 12.1 Å². The zero-order chi connectivity index (χ0) is 19.9. The molecule has 2 aromatic heterocycles. The molecule has 1 amide bonds. The van der Waals surface area contributed by atoms with Crippen molar-refractivity contribution >= 4 is 11.9 Å². The van der Waals surface area contributed by atoms with Gasteiger partial charge in [0.05, 0.1) is 11.9 Å². The van der Waals surface area contributed by atoms with Crippen LogP contribution in [-0.2, 0) is 13.1 Å². The fourth-order valence-electron chi connectivity index (χ4n) is 2.73. The van der Waals surface area contributed by atoms with Crippen molar-refractivity contribution in [1.29, 1.82) is 0 Å². The number of aliphatic imine (C=N–C) groups is 1. The maximum Gasteiger partial charge on any atom is 0.284 e. The van der Waals surface area contributed by atoms with E-state index in [-0.39, 0.29) is 5.76 Å². The molecule has 3 N–H and O–H groups in total. The van der Waals surface area contributed by atoms with E-state index in [1.165, 1.54) is 0 Å². The van der Waals surface area contributed by atoms with Crippen LogP contribution in [0, 0.1) is 0 Å². The van der Waals surface area contributed by atoms with Crippen LogP contribution in [0.4, 0.5) is 0 Å². The minimum absolute atomic E-state index is 0.136. The lowest BCUT2D eigenvalue weighted by Crippen LogP contribution is -2.38. The molecule has 8 heteroatoms. The number of hydrogen-bond donors (Lipinski definition) is 2. The normalized spacial score (nSPS) is 11.4. The van der Waals surface area contributed by atoms with E-state index < -0.39 is 5.91 Å². The van der Waals surface area contributed by atoms with E-state index in [0.29, 0.717) is 18.8 Å². The highest BCUT2D eigenvalue weighted by molar-refractivity contribution is 5.89. The van der Waals surface area contributed by atoms with Gasteiger partial charge >= 0.3 is 0 Å². The topological polar surface area (TPSA) is 102 Å². The van der Waals surface area contributed by atoms with Gasteiger partial charge in [0.1, 0.15) is 12.3 Å². The highest BCUT2D eigenvalue weighted by atomic mass is 16.3. The summed E-state index contributed by atoms with van der Waals surface area (Å²) in [5.41, 5.74) is 7.29. The Morgan fingerprint density at radius 1 is 1.29 bits per heavy atom. The number of rotatable bonds is 7. The molecule has 2 heterocycles. The first-order valence-electron chi connectivity index (χ1n) is 9.03. The number of benzene rings is 1. The fourth-order valence-corrected chi connectivity index (χ4v) is 2.73. The van der Waals surface area contributed by atoms with Crippen LogP contribution >= 0.6 is 0 Å². The zero-order valence-corrected chi connectivity index (χ0v) is 16.0. The molecule has 0 unspecified atom stereocenters. The maximum absolute atomic E-state index is 11.1. The third-order valence-corrected chi connectivity index (χ3v) is 4.06. The molecule has 0 saturated heterocycles. The minimum Gasteiger partial charge on any atom is -0.454 e. The molecule has 0 fully saturated rings. The second-order valence-electron chi connectivity index (χ2n) is 6.29. The minimum atomic E-state index is -0.588. The zero-order valence-electron chi connectivity index (χ0n) is 16.0. The predicted octanol–water partition coefficient (Wildman–Crippen LogP) is 2.16. The standard InChI is InChI=1S/C20H24N6O2/c1-3-22-20(23-12-17-9-10-18(28-17)19(21)27)25(2)13-15-11-24-26(14-15)16-7-5-4-6-8-16/h4-11,14H,3,12-13H2,1-2H3,(H2,21,27)(H,22,23). The summed E-state index contributed by atoms with van der Waals surface area (Å²) in [7, 11) is 1.96. The summed E-state index contributed by atoms with van der Waals surface area (Å²) >= 11 is 0. The number of carbonyl (C=O) groups is 1. The van der Waals surface area contributed by atoms with Gasteiger partial charge in [-0.05, 0) is 31.2 Å². The smallest absolute Gasteiger partial charge is 0.284 e. The van der Waals surface area contributed by atoms with Crippen molar-refractivity contribution in [2.24, 2.45) is 10.7 Å². The van der Waals surface area contributed by atoms with Crippen LogP contribution in [0.25, 0.3) is 5.69 Å². The number of primary amides is 1. The Kier molecular flexibility index (Phi) is 6.11. The first kappa shape index (κ1) is 19.2. The Hall–Kier alpha value is -3.55. The number of furan rings is 1. The predicted molar refractivity (Wildman–Crippen MR) is 107 cm³/mol. The van der Waals surface area contributed by atoms with Crippen LogP contribution in [0.2, 0.25) is 0 Å². The van der Waals surface area contributed by atoms with Crippen molar-refractivity contribution in [2.45, 2.75) is 20.0 Å². The van der Waals surface area contributed by atoms with E-state index in [2.05, 4.69) is 15.4 Å². The summed E-state index contributed by atoms with van der Waals surface area (Å²) in [6, 6.07) is 13.2. The lowest BCUT2D eigenvalue weighted by molar-refractivity contribution is 0.0972. The average Bonchev–Trinajstić information content (AvgIpc) is 3.35. The Labute approximate surface area is 163 Å². The molecule has 3 rings (SSSR count). The molecule has 146 valence electrons. The van der Waals surface area contributed by atoms with Crippen molar-refractivity contribution in [2.75, 3.05) is 13.6 Å². The number of carbonyl (C=O) groups excluding carboxylic acids is 1. The molecule has 0 bridgehead atoms. The third-order valence-electron chi connectivity index (χ3n) is 4.06. The Morgan fingerprint density at radius 3 is 2.75 bits per heavy atom. The SMILES string of the molecule is CCNC(=NCc1ccc(C(N)=O)o1)N(C)Cc1cnn(-c2ccccc2)c1. The van der Waals surface area contributed by atoms with Gasteiger partial charge in [-0.2, -0.15) is 5.10 Å². The van der Waals surface area contributed by atoms with Crippen molar-refractivity contribution in [3.63, 3.8) is 0 Å². The quantitative estimate of drug-likeness (QED) is 0.483. The van der Waals surface area contributed by atoms with Gasteiger partial charge in [-0.3, -0.25) is 4.79 Å². The molecule has 3 aromatic rings. The van der Waals surface area contributed by atoms with Gasteiger partial charge < -0.3 is 20.4 Å². The summed E-state index contributed by atoms with van der Waals surface area (Å²) in [6.45, 7) is 3.69. The average molecular weight is 380 g/mol. The molecule has 0 radical (unpaired) electrons. The van der Waals surface area contributed by atoms with Crippen molar-refractivity contribution < 1.29 is 9.21 Å². The van der Waals surface area contributed by atoms with Crippen molar-refractivity contribution in [3.05, 3.63) is 71.9 Å². The summed E-state index contributed by atoms with van der Waals surface area (Å²) in [4.78, 5) is 17.7. The summed E-state index contributed by atoms with van der Waals surface area (Å²) in [5, 5.41) is 7.68. The number of aromatic nitrogens is 2. The first-order chi connectivity index (χ1) is 13.6. The van der Waals surface area contributed by atoms with Gasteiger partial charge in [-0.25, -0.2) is 9.67 Å². The highest BCUT2D eigenvalue weighted by Gasteiger charge is 2.10. The van der Waals surface area contributed by atoms with Gasteiger partial charge in [-0.15, -0.1) is 0 Å². The molecule has 0 aliphatic heterocycles. The van der Waals surface area contributed by atoms with E-state index >= 15 is 0 Å². The number of para-hydroxylation sites is 1. The van der Waals surface area contributed by atoms with Crippen LogP contribution in [-0.4, -0.2) is 40.1 Å². The van der Waals surface area contributed by atoms with Crippen LogP contribution in [0.1, 0.15) is 28.8 Å². The molecule has 0 saturated carbocycles. The summed E-state index contributed by atoms with van der Waals surface area (Å²) in [6.07, 6.45) is 3.85. The number of amides is 1. The van der Waals surface area contributed by atoms with E-state index in [4.69, 9.17) is 10.2 Å². The summed E-state index contributed by atoms with van der Waals surface area (Å²) < 4.78 is 7.23. The Balaban J connectivity index is 1.67. The molecule has 0 aliphatic carbocycles. The third kappa shape index (κ3) is 4.79. The Morgan fingerprint density at radius 2 is 2.07 bits per heavy atom. The number of nitrogens with one attached hydrogen (secondary N) is 1. The van der Waals surface area contributed by atoms with Gasteiger partial charge in [0.25, 0.3) is 5.91 Å². The van der Waals surface area contributed by atoms with Crippen LogP contribution < -0.4 is 11.1 Å². The first-order valence-corrected chi connectivity index (χ1v) is 9.03. The maximum atomic E-state index is 11.1. The Bertz CT molecular complexity index is 945. The molecule has 8 nitrogen and oxygen atoms in total. The molecule has 0 aliphatic rings. The van der Waals surface area contributed by atoms with Gasteiger partial charge in [-0.1, -0.05) is 18.2 Å². The van der Waals surface area contributed by atoms with E-state index in [1.807, 2.05) is 66.3 Å². The van der Waals surface area contributed by atoms with Crippen LogP contribution in [0.3, 0.4) is 0 Å². The second-order valence-corrected chi connectivity index (χ2v) is 6.29. The van der Waals surface area contributed by atoms with Gasteiger partial charge in [0, 0.05) is 31.9 Å². The van der Waals surface area contributed by atoms with Crippen molar-refractivity contribution in [1.82, 2.24) is 20.0 Å². The van der Waals surface area contributed by atoms with E-state index in [0.717, 1.165) is 23.8 Å². The number of hydrogen-bond acceptors (Lipinski definition) is 4. The monoisotopic (exact) mass is 380 g/mol. The highest BCUT2D eigenvalue weighted by Crippen LogP contribution is 2.11. The lowest BCUT2D eigenvalue weighted by atomic mass is 10.3. The summed E-state index contributed by atoms with van der Waals surface area (Å²) in [5.74, 6) is 0.855. The molecule has 0 atom stereocenters. The number of guanidine groups is 1. The van der Waals surface area contributed by atoms with E-state index in [9.17, 15) is 4.79 Å². The van der Waals surface area contributed by atoms with Crippen molar-refractivity contribution in [3.8, 4) is 5.69 Å². The second kappa shape index (κ2) is 8.90. The van der Waals surface area contributed by atoms with Crippen LogP contribution in [0.15, 0.2) is 64.3 Å². The van der Waals surface area contributed by atoms with Crippen LogP contribution in [0.5, 0.6) is 0 Å². The van der Waals surface area contributed by atoms with Gasteiger partial charge in [0.2, 0.25) is 0 Å². The lowest BCUT2D eigenvalue weighted by Gasteiger charge is -2.21. The molecule has 0 spiro atoms. The molecule has 1 aromatic carbocycles. The van der Waals surface area contributed by atoms with Gasteiger partial charge in [0.15, 0.2) is 11.7 Å². The fraction of sp³-hybridized carbons (Fsp3) is 0.250. The molecule has 28 heavy (non-hydrogen) atoms. The number of nitrogens with zero attached hydrogens (tertiary/aromatic N) is 4. The number of nitrogens with two attached hydrogens (primary N) is 1. The molecular weight excluding hydrogens is 356 g/mol. The largest absolute Gasteiger partial charge is 0.454 e. The molecular formula is C20H24N6O2.